The van der Waals surface area contributed by atoms with Crippen molar-refractivity contribution in [1.82, 2.24) is 0 Å². The van der Waals surface area contributed by atoms with E-state index < -0.39 is 33.4 Å². The van der Waals surface area contributed by atoms with Crippen molar-refractivity contribution in [3.05, 3.63) is 139 Å². The second-order valence-corrected chi connectivity index (χ2v) is 8.95. The molecule has 0 aromatic heterocycles. The molecule has 38 heavy (non-hydrogen) atoms. The molecule has 0 radical (unpaired) electrons. The van der Waals surface area contributed by atoms with E-state index in [0.717, 1.165) is 0 Å². The van der Waals surface area contributed by atoms with Gasteiger partial charge in [-0.2, -0.15) is 0 Å². The van der Waals surface area contributed by atoms with E-state index in [2.05, 4.69) is 21.2 Å². The molecule has 10 nitrogen and oxygen atoms in total. The summed E-state index contributed by atoms with van der Waals surface area (Å²) in [6, 6.07) is 24.7. The van der Waals surface area contributed by atoms with Gasteiger partial charge in [-0.15, -0.1) is 0 Å². The second-order valence-electron chi connectivity index (χ2n) is 8.04. The molecule has 0 saturated heterocycles. The maximum Gasteiger partial charge on any atom is 0.282 e. The van der Waals surface area contributed by atoms with Crippen molar-refractivity contribution in [2.24, 2.45) is 0 Å². The molecular weight excluding hydrogens is 556 g/mol. The summed E-state index contributed by atoms with van der Waals surface area (Å²) in [7, 11) is 0. The van der Waals surface area contributed by atoms with Gasteiger partial charge in [-0.25, -0.2) is 0 Å². The molecule has 2 amide bonds. The van der Waals surface area contributed by atoms with Crippen LogP contribution in [0.4, 0.5) is 22.7 Å². The lowest BCUT2D eigenvalue weighted by Gasteiger charge is -2.31. The van der Waals surface area contributed by atoms with Crippen molar-refractivity contribution in [3.8, 4) is 0 Å². The molecule has 4 rings (SSSR count). The SMILES string of the molecule is O=C(Nc1ccc([N+](=O)[O-])cc1)C(c1ccccc1)N(C(=O)c1ccccc1[N+](=O)[O-])c1cccc(Br)c1. The number of carbonyl (C=O) groups is 2. The van der Waals surface area contributed by atoms with Crippen LogP contribution in [0.15, 0.2) is 108 Å². The van der Waals surface area contributed by atoms with Crippen molar-refractivity contribution >= 4 is 50.5 Å². The molecule has 11 heteroatoms. The van der Waals surface area contributed by atoms with E-state index in [4.69, 9.17) is 0 Å². The highest BCUT2D eigenvalue weighted by Crippen LogP contribution is 2.34. The summed E-state index contributed by atoms with van der Waals surface area (Å²) >= 11 is 3.39. The van der Waals surface area contributed by atoms with Gasteiger partial charge in [-0.05, 0) is 42.0 Å². The van der Waals surface area contributed by atoms with Crippen LogP contribution in [0.2, 0.25) is 0 Å². The number of hydrogen-bond acceptors (Lipinski definition) is 6. The third kappa shape index (κ3) is 5.73. The number of halogens is 1. The van der Waals surface area contributed by atoms with Crippen LogP contribution in [0, 0.1) is 20.2 Å². The Hall–Kier alpha value is -4.90. The summed E-state index contributed by atoms with van der Waals surface area (Å²) in [4.78, 5) is 50.6. The first kappa shape index (κ1) is 26.2. The molecule has 0 bridgehead atoms. The molecule has 1 atom stereocenters. The Kier molecular flexibility index (Phi) is 7.88. The topological polar surface area (TPSA) is 136 Å². The molecule has 0 aliphatic rings. The molecular formula is C27H19BrN4O6. The first-order valence-electron chi connectivity index (χ1n) is 11.2. The molecule has 0 saturated carbocycles. The number of nitrogens with one attached hydrogen (secondary N) is 1. The molecule has 0 heterocycles. The number of amides is 2. The van der Waals surface area contributed by atoms with Gasteiger partial charge in [-0.3, -0.25) is 34.7 Å². The number of rotatable bonds is 8. The first-order valence-corrected chi connectivity index (χ1v) is 12.0. The average Bonchev–Trinajstić information content (AvgIpc) is 2.92. The zero-order valence-corrected chi connectivity index (χ0v) is 21.1. The molecule has 0 fully saturated rings. The Bertz CT molecular complexity index is 1510. The predicted molar refractivity (Wildman–Crippen MR) is 145 cm³/mol. The van der Waals surface area contributed by atoms with E-state index in [1.807, 2.05) is 0 Å². The lowest BCUT2D eigenvalue weighted by Crippen LogP contribution is -2.41. The number of para-hydroxylation sites is 1. The number of nitrogens with zero attached hydrogens (tertiary/aromatic N) is 3. The maximum atomic E-state index is 14.0. The van der Waals surface area contributed by atoms with E-state index in [1.165, 1.54) is 53.4 Å². The molecule has 1 N–H and O–H groups in total. The van der Waals surface area contributed by atoms with Crippen LogP contribution < -0.4 is 10.2 Å². The van der Waals surface area contributed by atoms with E-state index in [1.54, 1.807) is 54.6 Å². The molecule has 190 valence electrons. The maximum absolute atomic E-state index is 14.0. The van der Waals surface area contributed by atoms with Gasteiger partial charge in [0, 0.05) is 34.0 Å². The fraction of sp³-hybridized carbons (Fsp3) is 0.0370. The molecule has 4 aromatic rings. The van der Waals surface area contributed by atoms with Gasteiger partial charge in [0.25, 0.3) is 23.2 Å². The van der Waals surface area contributed by atoms with E-state index in [-0.39, 0.29) is 16.9 Å². The van der Waals surface area contributed by atoms with Crippen molar-refractivity contribution < 1.29 is 19.4 Å². The van der Waals surface area contributed by atoms with Crippen LogP contribution in [0.3, 0.4) is 0 Å². The summed E-state index contributed by atoms with van der Waals surface area (Å²) in [5, 5.41) is 25.5. The van der Waals surface area contributed by atoms with Crippen molar-refractivity contribution in [1.29, 1.82) is 0 Å². The normalized spacial score (nSPS) is 11.3. The average molecular weight is 575 g/mol. The van der Waals surface area contributed by atoms with Crippen LogP contribution in [0.5, 0.6) is 0 Å². The van der Waals surface area contributed by atoms with E-state index >= 15 is 0 Å². The van der Waals surface area contributed by atoms with Gasteiger partial charge in [0.1, 0.15) is 11.6 Å². The van der Waals surface area contributed by atoms with Crippen molar-refractivity contribution in [2.75, 3.05) is 10.2 Å². The number of benzene rings is 4. The summed E-state index contributed by atoms with van der Waals surface area (Å²) in [5.41, 5.74) is 0.287. The number of nitro groups is 2. The van der Waals surface area contributed by atoms with Gasteiger partial charge in [0.2, 0.25) is 0 Å². The fourth-order valence-electron chi connectivity index (χ4n) is 3.88. The largest absolute Gasteiger partial charge is 0.324 e. The van der Waals surface area contributed by atoms with Crippen molar-refractivity contribution in [2.45, 2.75) is 6.04 Å². The van der Waals surface area contributed by atoms with Gasteiger partial charge in [0.05, 0.1) is 9.85 Å². The van der Waals surface area contributed by atoms with Gasteiger partial charge >= 0.3 is 0 Å². The summed E-state index contributed by atoms with van der Waals surface area (Å²) < 4.78 is 0.623. The molecule has 0 aliphatic heterocycles. The van der Waals surface area contributed by atoms with Crippen LogP contribution >= 0.6 is 15.9 Å². The Morgan fingerprint density at radius 3 is 2.08 bits per heavy atom. The Morgan fingerprint density at radius 2 is 1.45 bits per heavy atom. The Morgan fingerprint density at radius 1 is 0.789 bits per heavy atom. The summed E-state index contributed by atoms with van der Waals surface area (Å²) in [6.07, 6.45) is 0. The summed E-state index contributed by atoms with van der Waals surface area (Å²) in [5.74, 6) is -1.39. The van der Waals surface area contributed by atoms with Gasteiger partial charge < -0.3 is 5.32 Å². The number of nitro benzene ring substituents is 2. The lowest BCUT2D eigenvalue weighted by atomic mass is 10.0. The molecule has 4 aromatic carbocycles. The summed E-state index contributed by atoms with van der Waals surface area (Å²) in [6.45, 7) is 0. The van der Waals surface area contributed by atoms with Gasteiger partial charge in [-0.1, -0.05) is 64.5 Å². The number of anilines is 2. The Labute approximate surface area is 225 Å². The van der Waals surface area contributed by atoms with Crippen molar-refractivity contribution in [3.63, 3.8) is 0 Å². The van der Waals surface area contributed by atoms with E-state index in [9.17, 15) is 29.8 Å². The third-order valence-electron chi connectivity index (χ3n) is 5.60. The molecule has 0 aliphatic carbocycles. The highest BCUT2D eigenvalue weighted by molar-refractivity contribution is 9.10. The van der Waals surface area contributed by atoms with Crippen LogP contribution in [0.25, 0.3) is 0 Å². The zero-order chi connectivity index (χ0) is 27.2. The number of hydrogen-bond donors (Lipinski definition) is 1. The number of carbonyl (C=O) groups excluding carboxylic acids is 2. The minimum absolute atomic E-state index is 0.148. The minimum atomic E-state index is -1.26. The second kappa shape index (κ2) is 11.4. The fourth-order valence-corrected chi connectivity index (χ4v) is 4.27. The minimum Gasteiger partial charge on any atom is -0.324 e. The highest BCUT2D eigenvalue weighted by Gasteiger charge is 2.36. The van der Waals surface area contributed by atoms with Crippen LogP contribution in [0.1, 0.15) is 22.0 Å². The van der Waals surface area contributed by atoms with E-state index in [0.29, 0.717) is 15.7 Å². The first-order chi connectivity index (χ1) is 18.3. The lowest BCUT2D eigenvalue weighted by molar-refractivity contribution is -0.385. The van der Waals surface area contributed by atoms with Crippen LogP contribution in [-0.2, 0) is 4.79 Å². The highest BCUT2D eigenvalue weighted by atomic mass is 79.9. The van der Waals surface area contributed by atoms with Gasteiger partial charge in [0.15, 0.2) is 0 Å². The smallest absolute Gasteiger partial charge is 0.282 e. The Balaban J connectivity index is 1.85. The number of non-ortho nitro benzene ring substituents is 1. The quantitative estimate of drug-likeness (QED) is 0.194. The standard InChI is InChI=1S/C27H19BrN4O6/c28-19-9-6-10-22(17-19)30(27(34)23-11-4-5-12-24(23)32(37)38)25(18-7-2-1-3-8-18)26(33)29-20-13-15-21(16-14-20)31(35)36/h1-17,25H,(H,29,33). The monoisotopic (exact) mass is 574 g/mol. The van der Waals surface area contributed by atoms with Crippen LogP contribution in [-0.4, -0.2) is 21.7 Å². The molecule has 1 unspecified atom stereocenters. The zero-order valence-electron chi connectivity index (χ0n) is 19.6. The third-order valence-corrected chi connectivity index (χ3v) is 6.10. The predicted octanol–water partition coefficient (Wildman–Crippen LogP) is 6.29. The molecule has 0 spiro atoms.